The largest absolute Gasteiger partial charge is 0.493 e. The number of rotatable bonds is 7. The van der Waals surface area contributed by atoms with Crippen molar-refractivity contribution in [1.29, 1.82) is 0 Å². The fourth-order valence-electron chi connectivity index (χ4n) is 3.52. The molecule has 4 rings (SSSR count). The summed E-state index contributed by atoms with van der Waals surface area (Å²) < 4.78 is 10.9. The van der Waals surface area contributed by atoms with Gasteiger partial charge in [-0.05, 0) is 50.1 Å². The monoisotopic (exact) mass is 410 g/mol. The molecular formula is C22H26N4O4. The molecule has 1 amide bonds. The van der Waals surface area contributed by atoms with E-state index in [1.165, 1.54) is 26.9 Å². The number of hydrogen-bond donors (Lipinski definition) is 0. The van der Waals surface area contributed by atoms with E-state index in [1.54, 1.807) is 23.1 Å². The zero-order valence-corrected chi connectivity index (χ0v) is 17.3. The van der Waals surface area contributed by atoms with Crippen molar-refractivity contribution in [2.45, 2.75) is 25.7 Å². The molecule has 0 bridgehead atoms. The molecule has 1 aromatic carbocycles. The summed E-state index contributed by atoms with van der Waals surface area (Å²) in [6.07, 6.45) is 2.42. The molecule has 1 saturated heterocycles. The fourth-order valence-corrected chi connectivity index (χ4v) is 3.52. The van der Waals surface area contributed by atoms with Crippen LogP contribution in [0.25, 0.3) is 0 Å². The van der Waals surface area contributed by atoms with Gasteiger partial charge in [0.25, 0.3) is 5.91 Å². The highest BCUT2D eigenvalue weighted by Gasteiger charge is 2.26. The van der Waals surface area contributed by atoms with Gasteiger partial charge in [-0.3, -0.25) is 9.59 Å². The highest BCUT2D eigenvalue weighted by atomic mass is 16.5. The Morgan fingerprint density at radius 3 is 2.40 bits per heavy atom. The van der Waals surface area contributed by atoms with E-state index in [4.69, 9.17) is 9.47 Å². The van der Waals surface area contributed by atoms with E-state index >= 15 is 0 Å². The number of Topliss-reactive ketones (excluding diaryl/α,β-unsaturated/α-hetero) is 1. The van der Waals surface area contributed by atoms with Crippen molar-refractivity contribution in [3.05, 3.63) is 41.6 Å². The maximum atomic E-state index is 12.6. The maximum Gasteiger partial charge on any atom is 0.260 e. The van der Waals surface area contributed by atoms with Gasteiger partial charge in [0.1, 0.15) is 0 Å². The van der Waals surface area contributed by atoms with Crippen molar-refractivity contribution in [3.8, 4) is 11.5 Å². The van der Waals surface area contributed by atoms with Gasteiger partial charge in [-0.25, -0.2) is 0 Å². The van der Waals surface area contributed by atoms with Crippen LogP contribution in [0.15, 0.2) is 30.3 Å². The topological polar surface area (TPSA) is 84.9 Å². The Morgan fingerprint density at radius 2 is 1.80 bits per heavy atom. The molecular weight excluding hydrogens is 384 g/mol. The molecule has 0 radical (unpaired) electrons. The van der Waals surface area contributed by atoms with Crippen molar-refractivity contribution in [1.82, 2.24) is 15.1 Å². The average Bonchev–Trinajstić information content (AvgIpc) is 3.63. The third kappa shape index (κ3) is 4.53. The maximum absolute atomic E-state index is 12.6. The highest BCUT2D eigenvalue weighted by Crippen LogP contribution is 2.38. The lowest BCUT2D eigenvalue weighted by atomic mass is 10.1. The standard InChI is InChI=1S/C22H26N4O4/c1-15(27)17-5-7-19(20(13-17)29-2)30-14-22(28)26-11-9-25(10-12-26)21-8-6-18(23-24-21)16-3-4-16/h5-8,13,16H,3-4,9-12,14H2,1-2H3. The number of amides is 1. The summed E-state index contributed by atoms with van der Waals surface area (Å²) in [7, 11) is 1.51. The Labute approximate surface area is 175 Å². The van der Waals surface area contributed by atoms with Crippen molar-refractivity contribution < 1.29 is 19.1 Å². The van der Waals surface area contributed by atoms with E-state index in [2.05, 4.69) is 21.2 Å². The number of nitrogens with zero attached hydrogens (tertiary/aromatic N) is 4. The summed E-state index contributed by atoms with van der Waals surface area (Å²) in [5.74, 6) is 2.20. The molecule has 8 nitrogen and oxygen atoms in total. The molecule has 30 heavy (non-hydrogen) atoms. The van der Waals surface area contributed by atoms with Crippen LogP contribution in [0, 0.1) is 0 Å². The van der Waals surface area contributed by atoms with Gasteiger partial charge in [-0.15, -0.1) is 5.10 Å². The molecule has 1 saturated carbocycles. The molecule has 2 fully saturated rings. The number of anilines is 1. The van der Waals surface area contributed by atoms with E-state index in [-0.39, 0.29) is 18.3 Å². The minimum atomic E-state index is -0.0810. The van der Waals surface area contributed by atoms with Gasteiger partial charge in [-0.2, -0.15) is 5.10 Å². The second kappa shape index (κ2) is 8.69. The third-order valence-corrected chi connectivity index (χ3v) is 5.54. The van der Waals surface area contributed by atoms with E-state index in [0.717, 1.165) is 11.5 Å². The fraction of sp³-hybridized carbons (Fsp3) is 0.455. The molecule has 8 heteroatoms. The summed E-state index contributed by atoms with van der Waals surface area (Å²) >= 11 is 0. The Bertz CT molecular complexity index is 919. The first-order chi connectivity index (χ1) is 14.5. The van der Waals surface area contributed by atoms with Crippen molar-refractivity contribution in [2.75, 3.05) is 44.8 Å². The van der Waals surface area contributed by atoms with Gasteiger partial charge in [0.2, 0.25) is 0 Å². The number of methoxy groups -OCH3 is 1. The van der Waals surface area contributed by atoms with E-state index in [1.807, 2.05) is 6.07 Å². The Balaban J connectivity index is 1.28. The predicted molar refractivity (Wildman–Crippen MR) is 111 cm³/mol. The smallest absolute Gasteiger partial charge is 0.260 e. The first kappa shape index (κ1) is 20.1. The molecule has 0 atom stereocenters. The van der Waals surface area contributed by atoms with Gasteiger partial charge in [0.15, 0.2) is 29.7 Å². The van der Waals surface area contributed by atoms with Crippen molar-refractivity contribution >= 4 is 17.5 Å². The molecule has 1 aliphatic heterocycles. The van der Waals surface area contributed by atoms with Gasteiger partial charge >= 0.3 is 0 Å². The Morgan fingerprint density at radius 1 is 1.03 bits per heavy atom. The molecule has 2 aromatic rings. The molecule has 158 valence electrons. The number of carbonyl (C=O) groups excluding carboxylic acids is 2. The van der Waals surface area contributed by atoms with Crippen LogP contribution in [0.3, 0.4) is 0 Å². The van der Waals surface area contributed by atoms with Crippen LogP contribution in [0.2, 0.25) is 0 Å². The second-order valence-electron chi connectivity index (χ2n) is 7.67. The minimum absolute atomic E-state index is 0.0549. The first-order valence-electron chi connectivity index (χ1n) is 10.2. The predicted octanol–water partition coefficient (Wildman–Crippen LogP) is 2.29. The molecule has 2 heterocycles. The number of ketones is 1. The lowest BCUT2D eigenvalue weighted by Gasteiger charge is -2.35. The van der Waals surface area contributed by atoms with Gasteiger partial charge in [-0.1, -0.05) is 0 Å². The number of benzene rings is 1. The zero-order chi connectivity index (χ0) is 21.1. The zero-order valence-electron chi connectivity index (χ0n) is 17.3. The molecule has 1 aliphatic carbocycles. The number of hydrogen-bond acceptors (Lipinski definition) is 7. The normalized spacial score (nSPS) is 16.3. The van der Waals surface area contributed by atoms with E-state index < -0.39 is 0 Å². The van der Waals surface area contributed by atoms with Crippen LogP contribution in [0.1, 0.15) is 41.7 Å². The lowest BCUT2D eigenvalue weighted by Crippen LogP contribution is -2.50. The van der Waals surface area contributed by atoms with Gasteiger partial charge < -0.3 is 19.3 Å². The quantitative estimate of drug-likeness (QED) is 0.648. The van der Waals surface area contributed by atoms with Crippen molar-refractivity contribution in [3.63, 3.8) is 0 Å². The van der Waals surface area contributed by atoms with Crippen LogP contribution in [0.4, 0.5) is 5.82 Å². The lowest BCUT2D eigenvalue weighted by molar-refractivity contribution is -0.133. The van der Waals surface area contributed by atoms with E-state index in [0.29, 0.717) is 49.2 Å². The first-order valence-corrected chi connectivity index (χ1v) is 10.2. The van der Waals surface area contributed by atoms with Gasteiger partial charge in [0, 0.05) is 37.7 Å². The molecule has 0 spiro atoms. The average molecular weight is 410 g/mol. The molecule has 0 unspecified atom stereocenters. The third-order valence-electron chi connectivity index (χ3n) is 5.54. The number of carbonyl (C=O) groups is 2. The molecule has 2 aliphatic rings. The molecule has 0 N–H and O–H groups in total. The summed E-state index contributed by atoms with van der Waals surface area (Å²) in [5, 5.41) is 8.70. The van der Waals surface area contributed by atoms with Crippen LogP contribution < -0.4 is 14.4 Å². The Hall–Kier alpha value is -3.16. The number of aromatic nitrogens is 2. The van der Waals surface area contributed by atoms with Gasteiger partial charge in [0.05, 0.1) is 12.8 Å². The van der Waals surface area contributed by atoms with Crippen LogP contribution in [-0.2, 0) is 4.79 Å². The van der Waals surface area contributed by atoms with Crippen LogP contribution >= 0.6 is 0 Å². The van der Waals surface area contributed by atoms with E-state index in [9.17, 15) is 9.59 Å². The summed E-state index contributed by atoms with van der Waals surface area (Å²) in [6, 6.07) is 9.04. The minimum Gasteiger partial charge on any atom is -0.493 e. The SMILES string of the molecule is COc1cc(C(C)=O)ccc1OCC(=O)N1CCN(c2ccc(C3CC3)nn2)CC1. The van der Waals surface area contributed by atoms with Crippen molar-refractivity contribution in [2.24, 2.45) is 0 Å². The molecule has 1 aromatic heterocycles. The number of ether oxygens (including phenoxy) is 2. The second-order valence-corrected chi connectivity index (χ2v) is 7.67. The summed E-state index contributed by atoms with van der Waals surface area (Å²) in [4.78, 5) is 28.0. The highest BCUT2D eigenvalue weighted by molar-refractivity contribution is 5.94. The van der Waals surface area contributed by atoms with Crippen LogP contribution in [0.5, 0.6) is 11.5 Å². The summed E-state index contributed by atoms with van der Waals surface area (Å²) in [5.41, 5.74) is 1.62. The summed E-state index contributed by atoms with van der Waals surface area (Å²) in [6.45, 7) is 4.04. The Kier molecular flexibility index (Phi) is 5.83. The number of piperazine rings is 1. The van der Waals surface area contributed by atoms with Crippen LogP contribution in [-0.4, -0.2) is 66.7 Å².